The van der Waals surface area contributed by atoms with Crippen molar-refractivity contribution >= 4 is 5.97 Å². The van der Waals surface area contributed by atoms with Gasteiger partial charge in [0.05, 0.1) is 6.42 Å². The summed E-state index contributed by atoms with van der Waals surface area (Å²) in [6, 6.07) is 32.8. The largest absolute Gasteiger partial charge is 0.491 e. The van der Waals surface area contributed by atoms with Gasteiger partial charge in [0.1, 0.15) is 30.8 Å². The Bertz CT molecular complexity index is 1200. The van der Waals surface area contributed by atoms with Gasteiger partial charge in [-0.25, -0.2) is 0 Å². The van der Waals surface area contributed by atoms with E-state index < -0.39 is 12.1 Å². The molecule has 1 unspecified atom stereocenters. The molecule has 0 fully saturated rings. The standard InChI is InChI=1S/C29H26O5/c30-26(19-33-27-13-9-23(10-14-27)22-6-2-1-3-7-22)20-34-28-15-11-24(12-16-28)25-8-4-5-21(17-25)18-29(31)32/h1-17,26,30H,18-20H2,(H,31,32). The van der Waals surface area contributed by atoms with E-state index in [0.717, 1.165) is 27.8 Å². The number of aliphatic hydroxyl groups is 1. The van der Waals surface area contributed by atoms with Crippen molar-refractivity contribution in [2.24, 2.45) is 0 Å². The zero-order valence-electron chi connectivity index (χ0n) is 18.6. The van der Waals surface area contributed by atoms with Crippen LogP contribution in [0.2, 0.25) is 0 Å². The molecular formula is C29H26O5. The van der Waals surface area contributed by atoms with Crippen LogP contribution in [0.4, 0.5) is 0 Å². The number of rotatable bonds is 10. The lowest BCUT2D eigenvalue weighted by molar-refractivity contribution is -0.136. The molecule has 0 heterocycles. The normalized spacial score (nSPS) is 11.6. The third-order valence-electron chi connectivity index (χ3n) is 5.32. The van der Waals surface area contributed by atoms with Crippen LogP contribution in [0.25, 0.3) is 22.3 Å². The molecule has 0 spiro atoms. The maximum Gasteiger partial charge on any atom is 0.307 e. The van der Waals surface area contributed by atoms with E-state index in [-0.39, 0.29) is 19.6 Å². The predicted molar refractivity (Wildman–Crippen MR) is 132 cm³/mol. The van der Waals surface area contributed by atoms with Gasteiger partial charge in [-0.2, -0.15) is 0 Å². The van der Waals surface area contributed by atoms with Crippen LogP contribution >= 0.6 is 0 Å². The second-order valence-corrected chi connectivity index (χ2v) is 7.96. The average molecular weight is 455 g/mol. The van der Waals surface area contributed by atoms with Gasteiger partial charge in [0, 0.05) is 0 Å². The first kappa shape index (κ1) is 23.1. The number of benzene rings is 4. The highest BCUT2D eigenvalue weighted by Crippen LogP contribution is 2.24. The van der Waals surface area contributed by atoms with Gasteiger partial charge in [-0.1, -0.05) is 78.9 Å². The van der Waals surface area contributed by atoms with Gasteiger partial charge in [0.2, 0.25) is 0 Å². The Labute approximate surface area is 198 Å². The molecule has 1 atom stereocenters. The smallest absolute Gasteiger partial charge is 0.307 e. The number of hydrogen-bond acceptors (Lipinski definition) is 4. The van der Waals surface area contributed by atoms with Crippen LogP contribution in [-0.4, -0.2) is 35.5 Å². The lowest BCUT2D eigenvalue weighted by Gasteiger charge is -2.14. The molecule has 0 radical (unpaired) electrons. The first-order valence-electron chi connectivity index (χ1n) is 11.1. The van der Waals surface area contributed by atoms with E-state index in [0.29, 0.717) is 11.5 Å². The summed E-state index contributed by atoms with van der Waals surface area (Å²) in [4.78, 5) is 10.9. The van der Waals surface area contributed by atoms with Gasteiger partial charge in [0.15, 0.2) is 0 Å². The Hall–Kier alpha value is -4.09. The first-order valence-corrected chi connectivity index (χ1v) is 11.1. The number of hydrogen-bond donors (Lipinski definition) is 2. The molecule has 2 N–H and O–H groups in total. The van der Waals surface area contributed by atoms with Crippen LogP contribution in [0, 0.1) is 0 Å². The maximum absolute atomic E-state index is 10.9. The fourth-order valence-electron chi connectivity index (χ4n) is 3.59. The van der Waals surface area contributed by atoms with Crippen molar-refractivity contribution in [3.8, 4) is 33.8 Å². The summed E-state index contributed by atoms with van der Waals surface area (Å²) in [5, 5.41) is 19.2. The second-order valence-electron chi connectivity index (χ2n) is 7.96. The van der Waals surface area contributed by atoms with E-state index in [1.807, 2.05) is 84.9 Å². The molecule has 34 heavy (non-hydrogen) atoms. The summed E-state index contributed by atoms with van der Waals surface area (Å²) < 4.78 is 11.4. The van der Waals surface area contributed by atoms with Crippen molar-refractivity contribution in [1.29, 1.82) is 0 Å². The van der Waals surface area contributed by atoms with E-state index in [9.17, 15) is 9.90 Å². The van der Waals surface area contributed by atoms with Gasteiger partial charge in [-0.3, -0.25) is 4.79 Å². The summed E-state index contributed by atoms with van der Waals surface area (Å²) in [5.41, 5.74) is 4.90. The summed E-state index contributed by atoms with van der Waals surface area (Å²) in [6.07, 6.45) is -0.784. The van der Waals surface area contributed by atoms with Crippen LogP contribution in [0.5, 0.6) is 11.5 Å². The van der Waals surface area contributed by atoms with Crippen LogP contribution in [0.15, 0.2) is 103 Å². The molecule has 172 valence electrons. The average Bonchev–Trinajstić information content (AvgIpc) is 2.87. The molecule has 4 aromatic carbocycles. The Morgan fingerprint density at radius 3 is 1.71 bits per heavy atom. The number of aliphatic hydroxyl groups excluding tert-OH is 1. The molecule has 0 bridgehead atoms. The molecule has 5 nitrogen and oxygen atoms in total. The highest BCUT2D eigenvalue weighted by Gasteiger charge is 2.08. The summed E-state index contributed by atoms with van der Waals surface area (Å²) in [6.45, 7) is 0.231. The van der Waals surface area contributed by atoms with Gasteiger partial charge in [0.25, 0.3) is 0 Å². The van der Waals surface area contributed by atoms with Crippen molar-refractivity contribution in [3.05, 3.63) is 109 Å². The lowest BCUT2D eigenvalue weighted by Crippen LogP contribution is -2.25. The SMILES string of the molecule is O=C(O)Cc1cccc(-c2ccc(OCC(O)COc3ccc(-c4ccccc4)cc3)cc2)c1. The van der Waals surface area contributed by atoms with Gasteiger partial charge >= 0.3 is 5.97 Å². The highest BCUT2D eigenvalue weighted by atomic mass is 16.5. The molecule has 5 heteroatoms. The van der Waals surface area contributed by atoms with Gasteiger partial charge < -0.3 is 19.7 Å². The Balaban J connectivity index is 1.25. The Morgan fingerprint density at radius 2 is 1.15 bits per heavy atom. The van der Waals surface area contributed by atoms with E-state index in [1.165, 1.54) is 0 Å². The van der Waals surface area contributed by atoms with E-state index in [1.54, 1.807) is 6.07 Å². The number of ether oxygens (including phenoxy) is 2. The summed E-state index contributed by atoms with van der Waals surface area (Å²) in [7, 11) is 0. The van der Waals surface area contributed by atoms with Gasteiger partial charge in [-0.05, 0) is 52.1 Å². The minimum Gasteiger partial charge on any atom is -0.491 e. The molecule has 0 amide bonds. The zero-order chi connectivity index (χ0) is 23.8. The van der Waals surface area contributed by atoms with Crippen LogP contribution in [0.1, 0.15) is 5.56 Å². The molecule has 0 saturated carbocycles. The van der Waals surface area contributed by atoms with Crippen molar-refractivity contribution in [2.45, 2.75) is 12.5 Å². The van der Waals surface area contributed by atoms with Crippen LogP contribution in [-0.2, 0) is 11.2 Å². The highest BCUT2D eigenvalue weighted by molar-refractivity contribution is 5.72. The maximum atomic E-state index is 10.9. The molecular weight excluding hydrogens is 428 g/mol. The minimum absolute atomic E-state index is 0.00777. The monoisotopic (exact) mass is 454 g/mol. The summed E-state index contributed by atoms with van der Waals surface area (Å²) >= 11 is 0. The summed E-state index contributed by atoms with van der Waals surface area (Å²) in [5.74, 6) is 0.470. The Morgan fingerprint density at radius 1 is 0.647 bits per heavy atom. The third kappa shape index (κ3) is 6.47. The van der Waals surface area contributed by atoms with E-state index in [4.69, 9.17) is 14.6 Å². The molecule has 0 saturated heterocycles. The van der Waals surface area contributed by atoms with Crippen molar-refractivity contribution in [3.63, 3.8) is 0 Å². The predicted octanol–water partition coefficient (Wildman–Crippen LogP) is 5.47. The first-order chi connectivity index (χ1) is 16.6. The lowest BCUT2D eigenvalue weighted by atomic mass is 10.0. The van der Waals surface area contributed by atoms with Gasteiger partial charge in [-0.15, -0.1) is 0 Å². The van der Waals surface area contributed by atoms with Crippen molar-refractivity contribution < 1.29 is 24.5 Å². The fourth-order valence-corrected chi connectivity index (χ4v) is 3.59. The second kappa shape index (κ2) is 11.2. The molecule has 4 aromatic rings. The topological polar surface area (TPSA) is 76.0 Å². The van der Waals surface area contributed by atoms with E-state index in [2.05, 4.69) is 12.1 Å². The van der Waals surface area contributed by atoms with Crippen LogP contribution < -0.4 is 9.47 Å². The molecule has 0 aliphatic carbocycles. The number of carbonyl (C=O) groups is 1. The number of aliphatic carboxylic acids is 1. The molecule has 0 aliphatic heterocycles. The molecule has 4 rings (SSSR count). The minimum atomic E-state index is -0.854. The molecule has 0 aromatic heterocycles. The molecule has 0 aliphatic rings. The quantitative estimate of drug-likeness (QED) is 0.333. The zero-order valence-corrected chi connectivity index (χ0v) is 18.6. The fraction of sp³-hybridized carbons (Fsp3) is 0.138. The van der Waals surface area contributed by atoms with Crippen LogP contribution in [0.3, 0.4) is 0 Å². The van der Waals surface area contributed by atoms with Crippen molar-refractivity contribution in [2.75, 3.05) is 13.2 Å². The Kier molecular flexibility index (Phi) is 7.58. The number of carboxylic acid groups (broad SMARTS) is 1. The van der Waals surface area contributed by atoms with E-state index >= 15 is 0 Å². The van der Waals surface area contributed by atoms with Crippen molar-refractivity contribution in [1.82, 2.24) is 0 Å². The number of carboxylic acids is 1. The third-order valence-corrected chi connectivity index (χ3v) is 5.32.